The van der Waals surface area contributed by atoms with Crippen LogP contribution in [-0.4, -0.2) is 41.0 Å². The maximum Gasteiger partial charge on any atom is 0.270 e. The average Bonchev–Trinajstić information content (AvgIpc) is 3.45. The van der Waals surface area contributed by atoms with Gasteiger partial charge in [-0.1, -0.05) is 12.1 Å². The number of H-pyrrole nitrogens is 1. The first kappa shape index (κ1) is 20.3. The lowest BCUT2D eigenvalue weighted by Crippen LogP contribution is -2.39. The van der Waals surface area contributed by atoms with E-state index >= 15 is 0 Å². The van der Waals surface area contributed by atoms with Crippen LogP contribution in [0, 0.1) is 5.82 Å². The zero-order valence-electron chi connectivity index (χ0n) is 17.8. The third-order valence-corrected chi connectivity index (χ3v) is 5.96. The molecule has 0 radical (unpaired) electrons. The Balaban J connectivity index is 1.28. The van der Waals surface area contributed by atoms with E-state index in [-0.39, 0.29) is 17.6 Å². The van der Waals surface area contributed by atoms with E-state index in [2.05, 4.69) is 9.97 Å². The van der Waals surface area contributed by atoms with Gasteiger partial charge >= 0.3 is 0 Å². The molecule has 1 fully saturated rings. The number of halogens is 1. The molecule has 1 N–H and O–H groups in total. The van der Waals surface area contributed by atoms with Gasteiger partial charge in [-0.05, 0) is 54.8 Å². The van der Waals surface area contributed by atoms with Crippen molar-refractivity contribution in [2.24, 2.45) is 0 Å². The number of rotatable bonds is 5. The molecule has 2 aromatic heterocycles. The number of benzene rings is 2. The monoisotopic (exact) mass is 433 g/mol. The van der Waals surface area contributed by atoms with Crippen LogP contribution in [0.15, 0.2) is 59.1 Å². The number of oxazole rings is 1. The Morgan fingerprint density at radius 3 is 3.06 bits per heavy atom. The number of hydrogen-bond acceptors (Lipinski definition) is 4. The molecule has 164 valence electrons. The molecule has 0 saturated carbocycles. The van der Waals surface area contributed by atoms with Crippen molar-refractivity contribution in [2.75, 3.05) is 20.2 Å². The second-order valence-corrected chi connectivity index (χ2v) is 8.20. The number of nitrogens with zero attached hydrogens (tertiary/aromatic N) is 2. The van der Waals surface area contributed by atoms with Crippen molar-refractivity contribution in [1.82, 2.24) is 14.9 Å². The summed E-state index contributed by atoms with van der Waals surface area (Å²) in [6.07, 6.45) is 4.19. The molecule has 7 heteroatoms. The van der Waals surface area contributed by atoms with Crippen LogP contribution in [0.4, 0.5) is 4.39 Å². The topological polar surface area (TPSA) is 71.4 Å². The minimum Gasteiger partial charge on any atom is -0.497 e. The van der Waals surface area contributed by atoms with Crippen molar-refractivity contribution in [3.8, 4) is 5.75 Å². The van der Waals surface area contributed by atoms with Crippen LogP contribution in [0.2, 0.25) is 0 Å². The molecule has 1 aliphatic heterocycles. The van der Waals surface area contributed by atoms with Gasteiger partial charge in [0, 0.05) is 30.4 Å². The van der Waals surface area contributed by atoms with E-state index in [1.165, 1.54) is 12.1 Å². The number of ether oxygens (including phenoxy) is 1. The molecule has 1 aliphatic rings. The molecule has 1 saturated heterocycles. The van der Waals surface area contributed by atoms with Crippen molar-refractivity contribution in [3.05, 3.63) is 83.5 Å². The number of aromatic nitrogens is 2. The second-order valence-electron chi connectivity index (χ2n) is 8.20. The number of carbonyl (C=O) groups is 1. The zero-order valence-corrected chi connectivity index (χ0v) is 17.8. The first-order valence-corrected chi connectivity index (χ1v) is 10.7. The molecule has 5 rings (SSSR count). The molecule has 4 aromatic rings. The van der Waals surface area contributed by atoms with Crippen LogP contribution in [-0.2, 0) is 6.42 Å². The van der Waals surface area contributed by atoms with Gasteiger partial charge in [0.15, 0.2) is 5.89 Å². The highest BCUT2D eigenvalue weighted by Crippen LogP contribution is 2.29. The molecule has 0 bridgehead atoms. The summed E-state index contributed by atoms with van der Waals surface area (Å²) in [6.45, 7) is 1.22. The number of hydrogen-bond donors (Lipinski definition) is 1. The predicted molar refractivity (Wildman–Crippen MR) is 118 cm³/mol. The van der Waals surface area contributed by atoms with E-state index in [9.17, 15) is 9.18 Å². The van der Waals surface area contributed by atoms with Gasteiger partial charge in [0.2, 0.25) is 0 Å². The molecule has 1 amide bonds. The van der Waals surface area contributed by atoms with E-state index in [1.54, 1.807) is 25.4 Å². The molecular formula is C25H24FN3O3. The molecule has 0 spiro atoms. The molecule has 2 aromatic carbocycles. The van der Waals surface area contributed by atoms with Gasteiger partial charge in [-0.3, -0.25) is 4.79 Å². The highest BCUT2D eigenvalue weighted by molar-refractivity contribution is 5.98. The first-order valence-electron chi connectivity index (χ1n) is 10.7. The minimum absolute atomic E-state index is 0.0496. The summed E-state index contributed by atoms with van der Waals surface area (Å²) in [7, 11) is 1.65. The van der Waals surface area contributed by atoms with Gasteiger partial charge in [-0.25, -0.2) is 9.37 Å². The number of amides is 1. The Hall–Kier alpha value is -3.61. The van der Waals surface area contributed by atoms with Crippen molar-refractivity contribution in [2.45, 2.75) is 25.2 Å². The maximum atomic E-state index is 13.5. The number of likely N-dealkylation sites (tertiary alicyclic amines) is 1. The Morgan fingerprint density at radius 1 is 1.28 bits per heavy atom. The van der Waals surface area contributed by atoms with Gasteiger partial charge in [0.1, 0.15) is 23.0 Å². The summed E-state index contributed by atoms with van der Waals surface area (Å²) in [5, 5.41) is 0.818. The van der Waals surface area contributed by atoms with Crippen LogP contribution in [0.5, 0.6) is 5.75 Å². The van der Waals surface area contributed by atoms with Gasteiger partial charge in [0.05, 0.1) is 19.2 Å². The Labute approximate surface area is 185 Å². The van der Waals surface area contributed by atoms with Crippen molar-refractivity contribution < 1.29 is 18.3 Å². The van der Waals surface area contributed by atoms with Crippen LogP contribution < -0.4 is 4.74 Å². The molecule has 1 atom stereocenters. The normalized spacial score (nSPS) is 16.4. The van der Waals surface area contributed by atoms with Crippen LogP contribution >= 0.6 is 0 Å². The lowest BCUT2D eigenvalue weighted by Gasteiger charge is -2.31. The predicted octanol–water partition coefficient (Wildman–Crippen LogP) is 4.91. The number of aromatic amines is 1. The third-order valence-electron chi connectivity index (χ3n) is 5.96. The van der Waals surface area contributed by atoms with Crippen molar-refractivity contribution in [1.29, 1.82) is 0 Å². The fourth-order valence-electron chi connectivity index (χ4n) is 4.32. The largest absolute Gasteiger partial charge is 0.497 e. The fourth-order valence-corrected chi connectivity index (χ4v) is 4.32. The minimum atomic E-state index is -0.329. The van der Waals surface area contributed by atoms with E-state index in [0.29, 0.717) is 36.6 Å². The first-order chi connectivity index (χ1) is 15.6. The summed E-state index contributed by atoms with van der Waals surface area (Å²) in [5.74, 6) is 1.89. The second kappa shape index (κ2) is 8.49. The number of nitrogens with one attached hydrogen (secondary N) is 1. The highest BCUT2D eigenvalue weighted by atomic mass is 19.1. The molecular weight excluding hydrogens is 409 g/mol. The van der Waals surface area contributed by atoms with E-state index in [0.717, 1.165) is 35.3 Å². The quantitative estimate of drug-likeness (QED) is 0.485. The van der Waals surface area contributed by atoms with E-state index in [1.807, 2.05) is 29.2 Å². The summed E-state index contributed by atoms with van der Waals surface area (Å²) < 4.78 is 24.8. The van der Waals surface area contributed by atoms with Crippen molar-refractivity contribution >= 4 is 16.8 Å². The Bertz CT molecular complexity index is 1260. The van der Waals surface area contributed by atoms with Gasteiger partial charge < -0.3 is 19.0 Å². The van der Waals surface area contributed by atoms with Gasteiger partial charge in [-0.15, -0.1) is 0 Å². The summed E-state index contributed by atoms with van der Waals surface area (Å²) in [6, 6.07) is 14.1. The SMILES string of the molecule is COc1cccc(Cc2cnc([C@H]3CCCN(C(=O)c4cc5ccc(F)cc5[nH]4)C3)o2)c1. The Morgan fingerprint density at radius 2 is 2.19 bits per heavy atom. The summed E-state index contributed by atoms with van der Waals surface area (Å²) in [5.41, 5.74) is 2.18. The maximum absolute atomic E-state index is 13.5. The third kappa shape index (κ3) is 4.10. The number of fused-ring (bicyclic) bond motifs is 1. The lowest BCUT2D eigenvalue weighted by atomic mass is 9.97. The van der Waals surface area contributed by atoms with Gasteiger partial charge in [0.25, 0.3) is 5.91 Å². The number of piperidine rings is 1. The van der Waals surface area contributed by atoms with Crippen molar-refractivity contribution in [3.63, 3.8) is 0 Å². The zero-order chi connectivity index (χ0) is 22.1. The van der Waals surface area contributed by atoms with E-state index in [4.69, 9.17) is 9.15 Å². The van der Waals surface area contributed by atoms with Crippen LogP contribution in [0.1, 0.15) is 46.5 Å². The molecule has 6 nitrogen and oxygen atoms in total. The highest BCUT2D eigenvalue weighted by Gasteiger charge is 2.29. The van der Waals surface area contributed by atoms with Crippen LogP contribution in [0.25, 0.3) is 10.9 Å². The lowest BCUT2D eigenvalue weighted by molar-refractivity contribution is 0.0693. The number of methoxy groups -OCH3 is 1. The standard InChI is InChI=1S/C25H24FN3O3/c1-31-20-6-2-4-16(10-20)11-21-14-27-24(32-21)18-5-3-9-29(15-18)25(30)23-12-17-7-8-19(26)13-22(17)28-23/h2,4,6-8,10,12-14,18,28H,3,5,9,11,15H2,1H3/t18-/m0/s1. The fraction of sp³-hybridized carbons (Fsp3) is 0.280. The summed E-state index contributed by atoms with van der Waals surface area (Å²) in [4.78, 5) is 22.4. The molecule has 32 heavy (non-hydrogen) atoms. The van der Waals surface area contributed by atoms with E-state index < -0.39 is 0 Å². The molecule has 0 unspecified atom stereocenters. The molecule has 0 aliphatic carbocycles. The van der Waals surface area contributed by atoms with Crippen LogP contribution in [0.3, 0.4) is 0 Å². The summed E-state index contributed by atoms with van der Waals surface area (Å²) >= 11 is 0. The number of carbonyl (C=O) groups excluding carboxylic acids is 1. The van der Waals surface area contributed by atoms with Gasteiger partial charge in [-0.2, -0.15) is 0 Å². The molecule has 3 heterocycles. The average molecular weight is 433 g/mol. The smallest absolute Gasteiger partial charge is 0.270 e. The Kier molecular flexibility index (Phi) is 5.39.